The van der Waals surface area contributed by atoms with Crippen LogP contribution in [0.4, 0.5) is 17.1 Å². The third kappa shape index (κ3) is 4.54. The molecule has 32 heavy (non-hydrogen) atoms. The third-order valence-electron chi connectivity index (χ3n) is 5.46. The van der Waals surface area contributed by atoms with E-state index in [4.69, 9.17) is 0 Å². The summed E-state index contributed by atoms with van der Waals surface area (Å²) in [5.41, 5.74) is 4.44. The molecule has 0 atom stereocenters. The first kappa shape index (κ1) is 21.3. The fourth-order valence-electron chi connectivity index (χ4n) is 3.60. The first-order valence-corrected chi connectivity index (χ1v) is 10.6. The van der Waals surface area contributed by atoms with Crippen LogP contribution in [0, 0.1) is 5.92 Å². The van der Waals surface area contributed by atoms with Gasteiger partial charge in [0.05, 0.1) is 0 Å². The highest BCUT2D eigenvalue weighted by Crippen LogP contribution is 2.29. The number of carbonyl (C=O) groups is 3. The molecule has 0 unspecified atom stereocenters. The molecule has 0 saturated carbocycles. The van der Waals surface area contributed by atoms with Crippen molar-refractivity contribution in [3.63, 3.8) is 0 Å². The molecule has 0 aliphatic carbocycles. The molecule has 6 heteroatoms. The summed E-state index contributed by atoms with van der Waals surface area (Å²) in [6.45, 7) is 4.31. The van der Waals surface area contributed by atoms with E-state index in [9.17, 15) is 14.4 Å². The van der Waals surface area contributed by atoms with Crippen LogP contribution in [0.5, 0.6) is 0 Å². The van der Waals surface area contributed by atoms with E-state index in [0.29, 0.717) is 29.0 Å². The van der Waals surface area contributed by atoms with Gasteiger partial charge < -0.3 is 15.5 Å². The Morgan fingerprint density at radius 1 is 0.781 bits per heavy atom. The molecule has 2 N–H and O–H groups in total. The smallest absolute Gasteiger partial charge is 0.258 e. The Morgan fingerprint density at radius 2 is 1.38 bits per heavy atom. The van der Waals surface area contributed by atoms with Crippen molar-refractivity contribution in [2.24, 2.45) is 5.92 Å². The fourth-order valence-corrected chi connectivity index (χ4v) is 3.60. The van der Waals surface area contributed by atoms with Crippen molar-refractivity contribution in [2.75, 3.05) is 22.1 Å². The zero-order valence-corrected chi connectivity index (χ0v) is 18.1. The summed E-state index contributed by atoms with van der Waals surface area (Å²) in [4.78, 5) is 39.0. The van der Waals surface area contributed by atoms with E-state index in [-0.39, 0.29) is 23.6 Å². The molecule has 1 aliphatic rings. The fraction of sp³-hybridized carbons (Fsp3) is 0.192. The quantitative estimate of drug-likeness (QED) is 0.618. The number of benzene rings is 3. The maximum Gasteiger partial charge on any atom is 0.258 e. The minimum Gasteiger partial charge on any atom is -0.326 e. The predicted molar refractivity (Wildman–Crippen MR) is 126 cm³/mol. The SMILES string of the molecule is CC(C)C(=O)Nc1ccc(C(=O)Nc2ccc(C(=O)N3CCc4ccccc43)cc2)cc1. The van der Waals surface area contributed by atoms with Crippen molar-refractivity contribution < 1.29 is 14.4 Å². The third-order valence-corrected chi connectivity index (χ3v) is 5.46. The number of anilines is 3. The standard InChI is InChI=1S/C26H25N3O3/c1-17(2)24(30)27-21-11-7-19(8-12-21)25(31)28-22-13-9-20(10-14-22)26(32)29-16-15-18-5-3-4-6-23(18)29/h3-14,17H,15-16H2,1-2H3,(H,27,30)(H,28,31). The highest BCUT2D eigenvalue weighted by Gasteiger charge is 2.25. The van der Waals surface area contributed by atoms with Crippen LogP contribution in [-0.4, -0.2) is 24.3 Å². The van der Waals surface area contributed by atoms with E-state index < -0.39 is 0 Å². The molecule has 0 saturated heterocycles. The van der Waals surface area contributed by atoms with Gasteiger partial charge in [0.15, 0.2) is 0 Å². The number of carbonyl (C=O) groups excluding carboxylic acids is 3. The van der Waals surface area contributed by atoms with Crippen molar-refractivity contribution in [3.8, 4) is 0 Å². The van der Waals surface area contributed by atoms with Crippen LogP contribution in [0.25, 0.3) is 0 Å². The van der Waals surface area contributed by atoms with E-state index in [0.717, 1.165) is 12.1 Å². The number of fused-ring (bicyclic) bond motifs is 1. The molecular formula is C26H25N3O3. The molecule has 0 fully saturated rings. The number of nitrogens with one attached hydrogen (secondary N) is 2. The molecule has 3 aromatic carbocycles. The zero-order chi connectivity index (χ0) is 22.7. The van der Waals surface area contributed by atoms with Crippen LogP contribution in [0.3, 0.4) is 0 Å². The average Bonchev–Trinajstić information content (AvgIpc) is 3.23. The highest BCUT2D eigenvalue weighted by atomic mass is 16.2. The summed E-state index contributed by atoms with van der Waals surface area (Å²) in [6.07, 6.45) is 0.857. The average molecular weight is 428 g/mol. The Bertz CT molecular complexity index is 1150. The monoisotopic (exact) mass is 427 g/mol. The number of para-hydroxylation sites is 1. The number of hydrogen-bond donors (Lipinski definition) is 2. The molecule has 1 heterocycles. The lowest BCUT2D eigenvalue weighted by molar-refractivity contribution is -0.118. The molecule has 0 bridgehead atoms. The zero-order valence-electron chi connectivity index (χ0n) is 18.1. The van der Waals surface area contributed by atoms with Crippen LogP contribution in [-0.2, 0) is 11.2 Å². The molecule has 6 nitrogen and oxygen atoms in total. The highest BCUT2D eigenvalue weighted by molar-refractivity contribution is 6.08. The Kier molecular flexibility index (Phi) is 6.03. The molecule has 3 aromatic rings. The summed E-state index contributed by atoms with van der Waals surface area (Å²) in [5.74, 6) is -0.506. The van der Waals surface area contributed by atoms with E-state index in [2.05, 4.69) is 10.6 Å². The summed E-state index contributed by atoms with van der Waals surface area (Å²) < 4.78 is 0. The number of nitrogens with zero attached hydrogens (tertiary/aromatic N) is 1. The first-order chi connectivity index (χ1) is 15.4. The van der Waals surface area contributed by atoms with Crippen molar-refractivity contribution in [2.45, 2.75) is 20.3 Å². The van der Waals surface area contributed by atoms with Crippen LogP contribution in [0.1, 0.15) is 40.1 Å². The Balaban J connectivity index is 1.39. The lowest BCUT2D eigenvalue weighted by atomic mass is 10.1. The summed E-state index contributed by atoms with van der Waals surface area (Å²) in [7, 11) is 0. The molecular weight excluding hydrogens is 402 g/mol. The van der Waals surface area contributed by atoms with Gasteiger partial charge in [0.2, 0.25) is 5.91 Å². The topological polar surface area (TPSA) is 78.5 Å². The Labute approximate surface area is 187 Å². The number of hydrogen-bond acceptors (Lipinski definition) is 3. The maximum absolute atomic E-state index is 12.9. The van der Waals surface area contributed by atoms with Gasteiger partial charge in [-0.05, 0) is 66.6 Å². The van der Waals surface area contributed by atoms with Crippen molar-refractivity contribution in [1.29, 1.82) is 0 Å². The normalized spacial score (nSPS) is 12.4. The predicted octanol–water partition coefficient (Wildman–Crippen LogP) is 4.74. The first-order valence-electron chi connectivity index (χ1n) is 10.6. The minimum absolute atomic E-state index is 0.0492. The van der Waals surface area contributed by atoms with Crippen LogP contribution in [0.2, 0.25) is 0 Å². The summed E-state index contributed by atoms with van der Waals surface area (Å²) in [6, 6.07) is 21.6. The molecule has 0 spiro atoms. The van der Waals surface area contributed by atoms with Crippen molar-refractivity contribution >= 4 is 34.8 Å². The van der Waals surface area contributed by atoms with E-state index >= 15 is 0 Å². The van der Waals surface area contributed by atoms with Gasteiger partial charge in [0.1, 0.15) is 0 Å². The Hall–Kier alpha value is -3.93. The molecule has 1 aliphatic heterocycles. The second-order valence-electron chi connectivity index (χ2n) is 8.09. The minimum atomic E-state index is -0.265. The molecule has 162 valence electrons. The van der Waals surface area contributed by atoms with Crippen molar-refractivity contribution in [3.05, 3.63) is 89.5 Å². The van der Waals surface area contributed by atoms with Gasteiger partial charge >= 0.3 is 0 Å². The van der Waals surface area contributed by atoms with Gasteiger partial charge in [0, 0.05) is 40.7 Å². The molecule has 0 radical (unpaired) electrons. The molecule has 4 rings (SSSR count). The van der Waals surface area contributed by atoms with Gasteiger partial charge in [-0.1, -0.05) is 32.0 Å². The number of amides is 3. The number of rotatable bonds is 5. The molecule has 0 aromatic heterocycles. The molecule has 3 amide bonds. The van der Waals surface area contributed by atoms with Gasteiger partial charge in [-0.2, -0.15) is 0 Å². The lowest BCUT2D eigenvalue weighted by Gasteiger charge is -2.17. The second kappa shape index (κ2) is 9.06. The van der Waals surface area contributed by atoms with Gasteiger partial charge in [-0.25, -0.2) is 0 Å². The Morgan fingerprint density at radius 3 is 2.03 bits per heavy atom. The largest absolute Gasteiger partial charge is 0.326 e. The van der Waals surface area contributed by atoms with Crippen LogP contribution >= 0.6 is 0 Å². The summed E-state index contributed by atoms with van der Waals surface area (Å²) in [5, 5.41) is 5.63. The van der Waals surface area contributed by atoms with Crippen molar-refractivity contribution in [1.82, 2.24) is 0 Å². The van der Waals surface area contributed by atoms with E-state index in [1.165, 1.54) is 5.56 Å². The summed E-state index contributed by atoms with van der Waals surface area (Å²) >= 11 is 0. The van der Waals surface area contributed by atoms with Crippen LogP contribution in [0.15, 0.2) is 72.8 Å². The van der Waals surface area contributed by atoms with Gasteiger partial charge in [-0.3, -0.25) is 14.4 Å². The lowest BCUT2D eigenvalue weighted by Crippen LogP contribution is -2.28. The van der Waals surface area contributed by atoms with Gasteiger partial charge in [0.25, 0.3) is 11.8 Å². The second-order valence-corrected chi connectivity index (χ2v) is 8.09. The van der Waals surface area contributed by atoms with Gasteiger partial charge in [-0.15, -0.1) is 0 Å². The van der Waals surface area contributed by atoms with E-state index in [1.54, 1.807) is 53.4 Å². The van der Waals surface area contributed by atoms with Crippen LogP contribution < -0.4 is 15.5 Å². The van der Waals surface area contributed by atoms with E-state index in [1.807, 2.05) is 38.1 Å². The maximum atomic E-state index is 12.9.